The molecule has 0 aromatic carbocycles. The highest BCUT2D eigenvalue weighted by atomic mass is 16.6. The molecular formula is C11H16N2O3. The molecule has 1 amide bonds. The van der Waals surface area contributed by atoms with Crippen LogP contribution < -0.4 is 0 Å². The molecule has 1 saturated heterocycles. The van der Waals surface area contributed by atoms with Crippen molar-refractivity contribution in [2.45, 2.75) is 32.3 Å². The Kier molecular flexibility index (Phi) is 2.61. The standard InChI is InChI=1S/C11H16N2O3/c1-11(2,3)16-10(14)13-6-8(7-13)9-12-4-5-15-9/h4-5,8H,6-7H2,1-3H3. The quantitative estimate of drug-likeness (QED) is 0.732. The van der Waals surface area contributed by atoms with Crippen LogP contribution in [0.15, 0.2) is 16.9 Å². The predicted octanol–water partition coefficient (Wildman–Crippen LogP) is 2.01. The monoisotopic (exact) mass is 224 g/mol. The second-order valence-electron chi connectivity index (χ2n) is 4.95. The molecule has 1 aromatic heterocycles. The Balaban J connectivity index is 1.82. The lowest BCUT2D eigenvalue weighted by Crippen LogP contribution is -2.50. The van der Waals surface area contributed by atoms with Gasteiger partial charge in [0.1, 0.15) is 11.9 Å². The number of likely N-dealkylation sites (tertiary alicyclic amines) is 1. The van der Waals surface area contributed by atoms with Crippen molar-refractivity contribution in [1.29, 1.82) is 0 Å². The minimum Gasteiger partial charge on any atom is -0.449 e. The number of amides is 1. The molecule has 0 radical (unpaired) electrons. The highest BCUT2D eigenvalue weighted by Gasteiger charge is 2.36. The normalized spacial score (nSPS) is 17.1. The Morgan fingerprint density at radius 3 is 2.75 bits per heavy atom. The summed E-state index contributed by atoms with van der Waals surface area (Å²) in [5, 5.41) is 0. The molecule has 2 rings (SSSR count). The Morgan fingerprint density at radius 1 is 1.56 bits per heavy atom. The fourth-order valence-corrected chi connectivity index (χ4v) is 1.55. The molecule has 1 fully saturated rings. The number of aromatic nitrogens is 1. The molecule has 1 aliphatic rings. The van der Waals surface area contributed by atoms with E-state index in [0.717, 1.165) is 0 Å². The minimum absolute atomic E-state index is 0.211. The molecule has 0 N–H and O–H groups in total. The lowest BCUT2D eigenvalue weighted by atomic mass is 10.0. The van der Waals surface area contributed by atoms with Gasteiger partial charge in [-0.2, -0.15) is 0 Å². The second kappa shape index (κ2) is 3.81. The molecule has 0 spiro atoms. The molecule has 0 saturated carbocycles. The predicted molar refractivity (Wildman–Crippen MR) is 57.1 cm³/mol. The fraction of sp³-hybridized carbons (Fsp3) is 0.636. The van der Waals surface area contributed by atoms with Crippen LogP contribution in [0, 0.1) is 0 Å². The van der Waals surface area contributed by atoms with E-state index in [1.54, 1.807) is 17.4 Å². The Labute approximate surface area is 94.4 Å². The van der Waals surface area contributed by atoms with E-state index >= 15 is 0 Å². The van der Waals surface area contributed by atoms with Crippen LogP contribution in [-0.4, -0.2) is 34.7 Å². The van der Waals surface area contributed by atoms with Crippen molar-refractivity contribution in [3.63, 3.8) is 0 Å². The highest BCUT2D eigenvalue weighted by molar-refractivity contribution is 5.69. The Morgan fingerprint density at radius 2 is 2.25 bits per heavy atom. The number of hydrogen-bond acceptors (Lipinski definition) is 4. The van der Waals surface area contributed by atoms with Gasteiger partial charge in [-0.05, 0) is 20.8 Å². The van der Waals surface area contributed by atoms with Gasteiger partial charge in [0.2, 0.25) is 5.89 Å². The lowest BCUT2D eigenvalue weighted by Gasteiger charge is -2.38. The zero-order valence-corrected chi connectivity index (χ0v) is 9.77. The summed E-state index contributed by atoms with van der Waals surface area (Å²) in [7, 11) is 0. The summed E-state index contributed by atoms with van der Waals surface area (Å²) < 4.78 is 10.4. The number of hydrogen-bond donors (Lipinski definition) is 0. The van der Waals surface area contributed by atoms with Crippen LogP contribution in [0.25, 0.3) is 0 Å². The summed E-state index contributed by atoms with van der Waals surface area (Å²) in [6.07, 6.45) is 2.90. The molecular weight excluding hydrogens is 208 g/mol. The third-order valence-corrected chi connectivity index (χ3v) is 2.33. The average molecular weight is 224 g/mol. The van der Waals surface area contributed by atoms with Crippen LogP contribution in [0.3, 0.4) is 0 Å². The molecule has 5 nitrogen and oxygen atoms in total. The molecule has 0 unspecified atom stereocenters. The summed E-state index contributed by atoms with van der Waals surface area (Å²) in [5.74, 6) is 0.905. The van der Waals surface area contributed by atoms with Crippen LogP contribution in [-0.2, 0) is 4.74 Å². The first-order chi connectivity index (χ1) is 7.46. The van der Waals surface area contributed by atoms with Crippen molar-refractivity contribution in [2.24, 2.45) is 0 Å². The van der Waals surface area contributed by atoms with Crippen LogP contribution in [0.4, 0.5) is 4.79 Å². The third-order valence-electron chi connectivity index (χ3n) is 2.33. The molecule has 0 aliphatic carbocycles. The first kappa shape index (κ1) is 11.0. The summed E-state index contributed by atoms with van der Waals surface area (Å²) in [6, 6.07) is 0. The summed E-state index contributed by atoms with van der Waals surface area (Å²) in [5.41, 5.74) is -0.439. The number of carbonyl (C=O) groups excluding carboxylic acids is 1. The molecule has 1 aliphatic heterocycles. The molecule has 2 heterocycles. The Bertz CT molecular complexity index is 361. The van der Waals surface area contributed by atoms with E-state index in [9.17, 15) is 4.79 Å². The van der Waals surface area contributed by atoms with Gasteiger partial charge in [-0.25, -0.2) is 9.78 Å². The Hall–Kier alpha value is -1.52. The van der Waals surface area contributed by atoms with Gasteiger partial charge in [0, 0.05) is 13.1 Å². The molecule has 88 valence electrons. The van der Waals surface area contributed by atoms with Crippen molar-refractivity contribution < 1.29 is 13.9 Å². The highest BCUT2D eigenvalue weighted by Crippen LogP contribution is 2.27. The van der Waals surface area contributed by atoms with E-state index in [2.05, 4.69) is 4.98 Å². The number of rotatable bonds is 1. The van der Waals surface area contributed by atoms with Crippen LogP contribution in [0.2, 0.25) is 0 Å². The third kappa shape index (κ3) is 2.35. The molecule has 0 bridgehead atoms. The first-order valence-corrected chi connectivity index (χ1v) is 5.33. The van der Waals surface area contributed by atoms with E-state index in [0.29, 0.717) is 19.0 Å². The van der Waals surface area contributed by atoms with E-state index < -0.39 is 5.60 Å². The summed E-state index contributed by atoms with van der Waals surface area (Å²) in [6.45, 7) is 6.81. The van der Waals surface area contributed by atoms with Gasteiger partial charge in [-0.3, -0.25) is 0 Å². The maximum Gasteiger partial charge on any atom is 0.410 e. The second-order valence-corrected chi connectivity index (χ2v) is 4.95. The smallest absolute Gasteiger partial charge is 0.410 e. The van der Waals surface area contributed by atoms with Gasteiger partial charge in [0.25, 0.3) is 0 Å². The van der Waals surface area contributed by atoms with Gasteiger partial charge in [-0.1, -0.05) is 0 Å². The summed E-state index contributed by atoms with van der Waals surface area (Å²) in [4.78, 5) is 17.3. The topological polar surface area (TPSA) is 55.6 Å². The number of carbonyl (C=O) groups is 1. The van der Waals surface area contributed by atoms with E-state index in [1.807, 2.05) is 20.8 Å². The zero-order valence-electron chi connectivity index (χ0n) is 9.77. The molecule has 5 heteroatoms. The van der Waals surface area contributed by atoms with Crippen LogP contribution in [0.1, 0.15) is 32.6 Å². The van der Waals surface area contributed by atoms with Gasteiger partial charge in [0.05, 0.1) is 12.1 Å². The largest absolute Gasteiger partial charge is 0.449 e. The average Bonchev–Trinajstić information content (AvgIpc) is 2.49. The van der Waals surface area contributed by atoms with E-state index in [-0.39, 0.29) is 12.0 Å². The zero-order chi connectivity index (χ0) is 11.8. The first-order valence-electron chi connectivity index (χ1n) is 5.33. The van der Waals surface area contributed by atoms with Gasteiger partial charge in [0.15, 0.2) is 0 Å². The molecule has 0 atom stereocenters. The maximum atomic E-state index is 11.6. The molecule has 16 heavy (non-hydrogen) atoms. The van der Waals surface area contributed by atoms with Crippen molar-refractivity contribution in [3.05, 3.63) is 18.4 Å². The van der Waals surface area contributed by atoms with Crippen LogP contribution in [0.5, 0.6) is 0 Å². The lowest BCUT2D eigenvalue weighted by molar-refractivity contribution is 0.00607. The van der Waals surface area contributed by atoms with Gasteiger partial charge >= 0.3 is 6.09 Å². The number of oxazole rings is 1. The summed E-state index contributed by atoms with van der Waals surface area (Å²) >= 11 is 0. The van der Waals surface area contributed by atoms with Crippen molar-refractivity contribution >= 4 is 6.09 Å². The fourth-order valence-electron chi connectivity index (χ4n) is 1.55. The van der Waals surface area contributed by atoms with Gasteiger partial charge < -0.3 is 14.1 Å². The SMILES string of the molecule is CC(C)(C)OC(=O)N1CC(c2ncco2)C1. The van der Waals surface area contributed by atoms with E-state index in [1.165, 1.54) is 0 Å². The van der Waals surface area contributed by atoms with Crippen LogP contribution >= 0.6 is 0 Å². The maximum absolute atomic E-state index is 11.6. The van der Waals surface area contributed by atoms with Crippen molar-refractivity contribution in [3.8, 4) is 0 Å². The van der Waals surface area contributed by atoms with E-state index in [4.69, 9.17) is 9.15 Å². The number of nitrogens with zero attached hydrogens (tertiary/aromatic N) is 2. The minimum atomic E-state index is -0.439. The van der Waals surface area contributed by atoms with Crippen molar-refractivity contribution in [1.82, 2.24) is 9.88 Å². The van der Waals surface area contributed by atoms with Crippen molar-refractivity contribution in [2.75, 3.05) is 13.1 Å². The number of ether oxygens (including phenoxy) is 1. The van der Waals surface area contributed by atoms with Gasteiger partial charge in [-0.15, -0.1) is 0 Å². The molecule has 1 aromatic rings.